The Bertz CT molecular complexity index is 455. The summed E-state index contributed by atoms with van der Waals surface area (Å²) in [5, 5.41) is 0.671. The summed E-state index contributed by atoms with van der Waals surface area (Å²) >= 11 is 6.02. The van der Waals surface area contributed by atoms with Crippen molar-refractivity contribution >= 4 is 23.6 Å². The van der Waals surface area contributed by atoms with Gasteiger partial charge >= 0.3 is 0 Å². The highest BCUT2D eigenvalue weighted by molar-refractivity contribution is 6.30. The topological polar surface area (TPSA) is 29.4 Å². The smallest absolute Gasteiger partial charge is 0.148 e. The number of Topliss-reactive ketones (excluding diaryl/α,β-unsaturated/α-hetero) is 1. The van der Waals surface area contributed by atoms with Crippen molar-refractivity contribution in [3.8, 4) is 0 Å². The maximum Gasteiger partial charge on any atom is 0.148 e. The Morgan fingerprint density at radius 3 is 2.88 bits per heavy atom. The molecule has 0 radical (unpaired) electrons. The van der Waals surface area contributed by atoms with E-state index in [1.807, 2.05) is 24.3 Å². The van der Waals surface area contributed by atoms with Crippen LogP contribution in [-0.2, 0) is 10.2 Å². The SMILES string of the molecule is C/N=C\[C@]1(c2cccc(Cl)c2)CCCCC1=O. The summed E-state index contributed by atoms with van der Waals surface area (Å²) < 4.78 is 0. The standard InChI is InChI=1S/C14H16ClNO/c1-16-10-14(8-3-2-7-13(14)17)11-5-4-6-12(15)9-11/h4-6,9-10H,2-3,7-8H2,1H3/b16-10-/t14-/m0/s1. The minimum Gasteiger partial charge on any atom is -0.299 e. The molecule has 0 aliphatic heterocycles. The molecule has 1 saturated carbocycles. The maximum absolute atomic E-state index is 12.3. The molecule has 0 N–H and O–H groups in total. The first-order valence-electron chi connectivity index (χ1n) is 5.92. The molecule has 0 unspecified atom stereocenters. The van der Waals surface area contributed by atoms with Gasteiger partial charge in [-0.1, -0.05) is 30.2 Å². The fourth-order valence-corrected chi connectivity index (χ4v) is 2.74. The third-order valence-electron chi connectivity index (χ3n) is 3.41. The van der Waals surface area contributed by atoms with Crippen LogP contribution in [0.1, 0.15) is 31.2 Å². The molecule has 1 fully saturated rings. The van der Waals surface area contributed by atoms with E-state index >= 15 is 0 Å². The lowest BCUT2D eigenvalue weighted by atomic mass is 9.69. The molecule has 17 heavy (non-hydrogen) atoms. The number of nitrogens with zero attached hydrogens (tertiary/aromatic N) is 1. The van der Waals surface area contributed by atoms with Crippen LogP contribution in [0.5, 0.6) is 0 Å². The number of aliphatic imine (C=N–C) groups is 1. The highest BCUT2D eigenvalue weighted by atomic mass is 35.5. The normalized spacial score (nSPS) is 25.4. The molecular weight excluding hydrogens is 234 g/mol. The molecule has 2 nitrogen and oxygen atoms in total. The van der Waals surface area contributed by atoms with E-state index in [0.717, 1.165) is 24.8 Å². The molecule has 1 aliphatic carbocycles. The van der Waals surface area contributed by atoms with Crippen LogP contribution < -0.4 is 0 Å². The first-order chi connectivity index (χ1) is 8.19. The Morgan fingerprint density at radius 1 is 1.41 bits per heavy atom. The van der Waals surface area contributed by atoms with E-state index in [4.69, 9.17) is 11.6 Å². The summed E-state index contributed by atoms with van der Waals surface area (Å²) in [6.07, 6.45) is 5.31. The second-order valence-electron chi connectivity index (χ2n) is 4.50. The summed E-state index contributed by atoms with van der Waals surface area (Å²) in [5.41, 5.74) is 0.429. The lowest BCUT2D eigenvalue weighted by Crippen LogP contribution is -2.40. The number of benzene rings is 1. The van der Waals surface area contributed by atoms with Gasteiger partial charge < -0.3 is 0 Å². The molecule has 90 valence electrons. The van der Waals surface area contributed by atoms with Gasteiger partial charge in [0.05, 0.1) is 5.41 Å². The van der Waals surface area contributed by atoms with Crippen LogP contribution in [-0.4, -0.2) is 19.0 Å². The van der Waals surface area contributed by atoms with Gasteiger partial charge in [0.2, 0.25) is 0 Å². The van der Waals surface area contributed by atoms with Crippen molar-refractivity contribution in [3.05, 3.63) is 34.9 Å². The highest BCUT2D eigenvalue weighted by Gasteiger charge is 2.39. The van der Waals surface area contributed by atoms with Crippen LogP contribution in [0, 0.1) is 0 Å². The van der Waals surface area contributed by atoms with Gasteiger partial charge in [-0.05, 0) is 30.5 Å². The molecule has 0 amide bonds. The lowest BCUT2D eigenvalue weighted by Gasteiger charge is -2.32. The molecule has 1 aromatic carbocycles. The van der Waals surface area contributed by atoms with Crippen LogP contribution in [0.25, 0.3) is 0 Å². The van der Waals surface area contributed by atoms with Crippen molar-refractivity contribution in [1.82, 2.24) is 0 Å². The van der Waals surface area contributed by atoms with Gasteiger partial charge in [0.15, 0.2) is 0 Å². The van der Waals surface area contributed by atoms with Crippen LogP contribution in [0.15, 0.2) is 29.3 Å². The second kappa shape index (κ2) is 5.01. The number of hydrogen-bond donors (Lipinski definition) is 0. The van der Waals surface area contributed by atoms with Gasteiger partial charge in [0.1, 0.15) is 5.78 Å². The van der Waals surface area contributed by atoms with Crippen molar-refractivity contribution in [1.29, 1.82) is 0 Å². The number of rotatable bonds is 2. The first kappa shape index (κ1) is 12.3. The van der Waals surface area contributed by atoms with Gasteiger partial charge in [-0.15, -0.1) is 0 Å². The van der Waals surface area contributed by atoms with Crippen LogP contribution in [0.2, 0.25) is 5.02 Å². The average Bonchev–Trinajstić information content (AvgIpc) is 2.32. The van der Waals surface area contributed by atoms with Crippen molar-refractivity contribution in [3.63, 3.8) is 0 Å². The fourth-order valence-electron chi connectivity index (χ4n) is 2.55. The molecule has 3 heteroatoms. The zero-order chi connectivity index (χ0) is 12.3. The van der Waals surface area contributed by atoms with E-state index in [2.05, 4.69) is 4.99 Å². The van der Waals surface area contributed by atoms with E-state index in [9.17, 15) is 4.79 Å². The van der Waals surface area contributed by atoms with E-state index in [-0.39, 0.29) is 5.78 Å². The van der Waals surface area contributed by atoms with E-state index in [1.54, 1.807) is 13.3 Å². The summed E-state index contributed by atoms with van der Waals surface area (Å²) in [6.45, 7) is 0. The summed E-state index contributed by atoms with van der Waals surface area (Å²) in [7, 11) is 1.72. The molecule has 1 aliphatic rings. The summed E-state index contributed by atoms with van der Waals surface area (Å²) in [5.74, 6) is 0.261. The van der Waals surface area contributed by atoms with Gasteiger partial charge in [0.25, 0.3) is 0 Å². The third kappa shape index (κ3) is 2.27. The molecule has 0 saturated heterocycles. The predicted molar refractivity (Wildman–Crippen MR) is 71.0 cm³/mol. The molecule has 0 bridgehead atoms. The zero-order valence-corrected chi connectivity index (χ0v) is 10.7. The van der Waals surface area contributed by atoms with Gasteiger partial charge in [-0.3, -0.25) is 9.79 Å². The van der Waals surface area contributed by atoms with E-state index in [1.165, 1.54) is 0 Å². The molecule has 0 spiro atoms. The monoisotopic (exact) mass is 249 g/mol. The molecule has 0 aromatic heterocycles. The number of carbonyl (C=O) groups is 1. The molecule has 2 rings (SSSR count). The Morgan fingerprint density at radius 2 is 2.24 bits per heavy atom. The van der Waals surface area contributed by atoms with Crippen LogP contribution in [0.4, 0.5) is 0 Å². The van der Waals surface area contributed by atoms with E-state index < -0.39 is 5.41 Å². The zero-order valence-electron chi connectivity index (χ0n) is 9.95. The Labute approximate surface area is 107 Å². The van der Waals surface area contributed by atoms with Crippen LogP contribution in [0.3, 0.4) is 0 Å². The van der Waals surface area contributed by atoms with E-state index in [0.29, 0.717) is 11.4 Å². The molecule has 1 atom stereocenters. The summed E-state index contributed by atoms with van der Waals surface area (Å²) in [4.78, 5) is 16.4. The summed E-state index contributed by atoms with van der Waals surface area (Å²) in [6, 6.07) is 7.57. The number of carbonyl (C=O) groups excluding carboxylic acids is 1. The Kier molecular flexibility index (Phi) is 3.63. The van der Waals surface area contributed by atoms with Gasteiger partial charge in [-0.25, -0.2) is 0 Å². The maximum atomic E-state index is 12.3. The number of halogens is 1. The van der Waals surface area contributed by atoms with Crippen molar-refractivity contribution in [2.45, 2.75) is 31.1 Å². The predicted octanol–water partition coefficient (Wildman–Crippen LogP) is 3.42. The van der Waals surface area contributed by atoms with Crippen molar-refractivity contribution in [2.24, 2.45) is 4.99 Å². The molecular formula is C14H16ClNO. The minimum atomic E-state index is -0.544. The largest absolute Gasteiger partial charge is 0.299 e. The lowest BCUT2D eigenvalue weighted by molar-refractivity contribution is -0.123. The molecule has 0 heterocycles. The number of ketones is 1. The average molecular weight is 250 g/mol. The number of hydrogen-bond acceptors (Lipinski definition) is 2. The van der Waals surface area contributed by atoms with Gasteiger partial charge in [-0.2, -0.15) is 0 Å². The quantitative estimate of drug-likeness (QED) is 0.739. The second-order valence-corrected chi connectivity index (χ2v) is 4.94. The highest BCUT2D eigenvalue weighted by Crippen LogP contribution is 2.36. The van der Waals surface area contributed by atoms with Crippen LogP contribution >= 0.6 is 11.6 Å². The fraction of sp³-hybridized carbons (Fsp3) is 0.429. The minimum absolute atomic E-state index is 0.261. The third-order valence-corrected chi connectivity index (χ3v) is 3.65. The first-order valence-corrected chi connectivity index (χ1v) is 6.29. The van der Waals surface area contributed by atoms with Gasteiger partial charge in [0, 0.05) is 24.7 Å². The molecule has 1 aromatic rings. The Balaban J connectivity index is 2.50. The van der Waals surface area contributed by atoms with Crippen molar-refractivity contribution < 1.29 is 4.79 Å². The van der Waals surface area contributed by atoms with Crippen molar-refractivity contribution in [2.75, 3.05) is 7.05 Å². The Hall–Kier alpha value is -1.15.